The summed E-state index contributed by atoms with van der Waals surface area (Å²) in [5.74, 6) is -1.27. The molecule has 0 amide bonds. The third-order valence-electron chi connectivity index (χ3n) is 3.77. The fourth-order valence-corrected chi connectivity index (χ4v) is 2.87. The van der Waals surface area contributed by atoms with Crippen molar-refractivity contribution in [3.05, 3.63) is 68.2 Å². The Morgan fingerprint density at radius 1 is 1.33 bits per heavy atom. The quantitative estimate of drug-likeness (QED) is 0.533. The molecular formula is C19H14BrFO6. The summed E-state index contributed by atoms with van der Waals surface area (Å²) in [6.45, 7) is 1.34. The first kappa shape index (κ1) is 19.0. The number of benzene rings is 1. The van der Waals surface area contributed by atoms with E-state index in [9.17, 15) is 18.8 Å². The lowest BCUT2D eigenvalue weighted by molar-refractivity contribution is -0.142. The van der Waals surface area contributed by atoms with Gasteiger partial charge in [0.25, 0.3) is 0 Å². The first-order chi connectivity index (χ1) is 12.8. The van der Waals surface area contributed by atoms with Crippen molar-refractivity contribution in [2.24, 2.45) is 0 Å². The fourth-order valence-electron chi connectivity index (χ4n) is 2.47. The molecule has 0 fully saturated rings. The van der Waals surface area contributed by atoms with Gasteiger partial charge in [-0.15, -0.1) is 0 Å². The summed E-state index contributed by atoms with van der Waals surface area (Å²) in [6.07, 6.45) is 1.39. The van der Waals surface area contributed by atoms with Gasteiger partial charge in [-0.1, -0.05) is 6.07 Å². The first-order valence-corrected chi connectivity index (χ1v) is 8.76. The molecule has 0 aliphatic heterocycles. The molecule has 0 saturated heterocycles. The molecule has 1 aromatic carbocycles. The Bertz CT molecular complexity index is 1040. The molecular weight excluding hydrogens is 423 g/mol. The van der Waals surface area contributed by atoms with E-state index in [0.717, 1.165) is 0 Å². The maximum atomic E-state index is 13.5. The number of hydrogen-bond donors (Lipinski definition) is 0. The van der Waals surface area contributed by atoms with Crippen LogP contribution in [0.2, 0.25) is 0 Å². The molecule has 3 rings (SSSR count). The van der Waals surface area contributed by atoms with Crippen LogP contribution in [0, 0.1) is 0 Å². The molecule has 140 valence electrons. The summed E-state index contributed by atoms with van der Waals surface area (Å²) in [4.78, 5) is 35.4. The largest absolute Gasteiger partial charge is 0.461 e. The van der Waals surface area contributed by atoms with Gasteiger partial charge >= 0.3 is 17.6 Å². The summed E-state index contributed by atoms with van der Waals surface area (Å²) >= 11 is 3.19. The summed E-state index contributed by atoms with van der Waals surface area (Å²) < 4.78 is 29.1. The number of carbonyl (C=O) groups is 2. The van der Waals surface area contributed by atoms with E-state index in [2.05, 4.69) is 15.9 Å². The van der Waals surface area contributed by atoms with Gasteiger partial charge in [-0.3, -0.25) is 4.79 Å². The van der Waals surface area contributed by atoms with Crippen molar-refractivity contribution in [1.82, 2.24) is 0 Å². The topological polar surface area (TPSA) is 82.8 Å². The third-order valence-corrected chi connectivity index (χ3v) is 4.48. The molecule has 1 heterocycles. The lowest BCUT2D eigenvalue weighted by Gasteiger charge is -2.14. The van der Waals surface area contributed by atoms with Crippen LogP contribution in [0.3, 0.4) is 0 Å². The highest BCUT2D eigenvalue weighted by molar-refractivity contribution is 9.11. The monoisotopic (exact) mass is 436 g/mol. The van der Waals surface area contributed by atoms with Crippen LogP contribution in [0.25, 0.3) is 11.0 Å². The Labute approximate surface area is 161 Å². The summed E-state index contributed by atoms with van der Waals surface area (Å²) in [5, 5.41) is 0.464. The highest BCUT2D eigenvalue weighted by Crippen LogP contribution is 2.27. The molecule has 0 spiro atoms. The summed E-state index contributed by atoms with van der Waals surface area (Å²) in [6, 6.07) is 6.16. The van der Waals surface area contributed by atoms with Gasteiger partial charge in [-0.2, -0.15) is 0 Å². The Balaban J connectivity index is 1.90. The highest BCUT2D eigenvalue weighted by atomic mass is 79.9. The maximum Gasteiger partial charge on any atom is 0.351 e. The van der Waals surface area contributed by atoms with Crippen LogP contribution in [-0.4, -0.2) is 18.1 Å². The normalized spacial score (nSPS) is 16.5. The Hall–Kier alpha value is -2.74. The van der Waals surface area contributed by atoms with E-state index in [0.29, 0.717) is 15.4 Å². The van der Waals surface area contributed by atoms with Crippen molar-refractivity contribution in [3.63, 3.8) is 0 Å². The molecule has 0 radical (unpaired) electrons. The molecule has 1 aliphatic rings. The Morgan fingerprint density at radius 3 is 2.85 bits per heavy atom. The number of halogens is 2. The number of carbonyl (C=O) groups excluding carboxylic acids is 2. The van der Waals surface area contributed by atoms with Crippen molar-refractivity contribution in [3.8, 4) is 0 Å². The second-order valence-electron chi connectivity index (χ2n) is 5.84. The molecule has 8 heteroatoms. The van der Waals surface area contributed by atoms with Crippen LogP contribution in [0.5, 0.6) is 0 Å². The number of allylic oxidation sites excluding steroid dienone is 4. The van der Waals surface area contributed by atoms with E-state index < -0.39 is 23.7 Å². The molecule has 2 aromatic rings. The third kappa shape index (κ3) is 4.51. The average Bonchev–Trinajstić information content (AvgIpc) is 2.62. The van der Waals surface area contributed by atoms with Gasteiger partial charge in [-0.05, 0) is 51.8 Å². The Kier molecular flexibility index (Phi) is 5.55. The van der Waals surface area contributed by atoms with E-state index in [4.69, 9.17) is 13.9 Å². The molecule has 27 heavy (non-hydrogen) atoms. The van der Waals surface area contributed by atoms with Crippen LogP contribution in [0.4, 0.5) is 4.39 Å². The van der Waals surface area contributed by atoms with Gasteiger partial charge in [0, 0.05) is 18.7 Å². The molecule has 0 bridgehead atoms. The number of fused-ring (bicyclic) bond motifs is 1. The average molecular weight is 437 g/mol. The summed E-state index contributed by atoms with van der Waals surface area (Å²) in [7, 11) is 0. The number of esters is 2. The van der Waals surface area contributed by atoms with Gasteiger partial charge in [0.05, 0.1) is 4.48 Å². The van der Waals surface area contributed by atoms with E-state index >= 15 is 0 Å². The molecule has 0 N–H and O–H groups in total. The molecule has 1 unspecified atom stereocenters. The SMILES string of the molecule is CC(=O)OCc1ccc2oc(=O)c(C(=O)OC3=C(Br)C=CC(F)C3)cc2c1. The van der Waals surface area contributed by atoms with Crippen LogP contribution < -0.4 is 5.63 Å². The van der Waals surface area contributed by atoms with Crippen LogP contribution in [-0.2, 0) is 20.9 Å². The Morgan fingerprint density at radius 2 is 2.11 bits per heavy atom. The molecule has 0 saturated carbocycles. The minimum Gasteiger partial charge on any atom is -0.461 e. The lowest BCUT2D eigenvalue weighted by Crippen LogP contribution is -2.18. The van der Waals surface area contributed by atoms with Gasteiger partial charge < -0.3 is 13.9 Å². The molecule has 6 nitrogen and oxygen atoms in total. The fraction of sp³-hybridized carbons (Fsp3) is 0.211. The predicted molar refractivity (Wildman–Crippen MR) is 98.0 cm³/mol. The second-order valence-corrected chi connectivity index (χ2v) is 6.69. The van der Waals surface area contributed by atoms with Crippen LogP contribution in [0.1, 0.15) is 29.3 Å². The first-order valence-electron chi connectivity index (χ1n) is 7.96. The van der Waals surface area contributed by atoms with Crippen molar-refractivity contribution >= 4 is 38.8 Å². The molecule has 1 atom stereocenters. The predicted octanol–water partition coefficient (Wildman–Crippen LogP) is 3.92. The van der Waals surface area contributed by atoms with Gasteiger partial charge in [0.15, 0.2) is 0 Å². The van der Waals surface area contributed by atoms with E-state index in [1.54, 1.807) is 18.2 Å². The minimum atomic E-state index is -1.27. The second kappa shape index (κ2) is 7.87. The van der Waals surface area contributed by atoms with Gasteiger partial charge in [0.2, 0.25) is 0 Å². The molecule has 1 aliphatic carbocycles. The van der Waals surface area contributed by atoms with Crippen LogP contribution in [0.15, 0.2) is 55.9 Å². The standard InChI is InChI=1S/C19H14BrFO6/c1-10(22)25-9-11-2-5-16-12(6-11)7-14(18(23)26-16)19(24)27-17-8-13(21)3-4-15(17)20/h2-7,13H,8-9H2,1H3. The van der Waals surface area contributed by atoms with E-state index in [1.807, 2.05) is 0 Å². The van der Waals surface area contributed by atoms with Crippen molar-refractivity contribution in [1.29, 1.82) is 0 Å². The van der Waals surface area contributed by atoms with Crippen LogP contribution >= 0.6 is 15.9 Å². The summed E-state index contributed by atoms with van der Waals surface area (Å²) in [5.41, 5.74) is -0.244. The zero-order chi connectivity index (χ0) is 19.6. The number of ether oxygens (including phenoxy) is 2. The highest BCUT2D eigenvalue weighted by Gasteiger charge is 2.22. The lowest BCUT2D eigenvalue weighted by atomic mass is 10.1. The smallest absolute Gasteiger partial charge is 0.351 e. The van der Waals surface area contributed by atoms with Gasteiger partial charge in [0.1, 0.15) is 29.7 Å². The maximum absolute atomic E-state index is 13.5. The minimum absolute atomic E-state index is 0.0498. The van der Waals surface area contributed by atoms with E-state index in [-0.39, 0.29) is 29.9 Å². The number of hydrogen-bond acceptors (Lipinski definition) is 6. The number of rotatable bonds is 4. The molecule has 1 aromatic heterocycles. The van der Waals surface area contributed by atoms with Crippen molar-refractivity contribution in [2.75, 3.05) is 0 Å². The van der Waals surface area contributed by atoms with Gasteiger partial charge in [-0.25, -0.2) is 14.0 Å². The number of alkyl halides is 1. The van der Waals surface area contributed by atoms with E-state index in [1.165, 1.54) is 25.1 Å². The van der Waals surface area contributed by atoms with Crippen molar-refractivity contribution < 1.29 is 27.9 Å². The van der Waals surface area contributed by atoms with Crippen molar-refractivity contribution in [2.45, 2.75) is 26.1 Å². The zero-order valence-electron chi connectivity index (χ0n) is 14.2. The zero-order valence-corrected chi connectivity index (χ0v) is 15.7.